The van der Waals surface area contributed by atoms with E-state index in [0.717, 1.165) is 17.8 Å². The van der Waals surface area contributed by atoms with Gasteiger partial charge in [0.1, 0.15) is 0 Å². The summed E-state index contributed by atoms with van der Waals surface area (Å²) in [5.74, 6) is 2.66. The lowest BCUT2D eigenvalue weighted by molar-refractivity contribution is 0.267. The van der Waals surface area contributed by atoms with E-state index in [2.05, 4.69) is 34.6 Å². The maximum atomic E-state index is 2.33. The number of hydrogen-bond acceptors (Lipinski definition) is 0. The second kappa shape index (κ2) is 7.20. The van der Waals surface area contributed by atoms with E-state index in [1.807, 2.05) is 0 Å². The smallest absolute Gasteiger partial charge is 0.0654 e. The second-order valence-electron chi connectivity index (χ2n) is 3.94. The Morgan fingerprint density at radius 1 is 0.909 bits per heavy atom. The van der Waals surface area contributed by atoms with E-state index in [0.29, 0.717) is 0 Å². The number of hydrogen-bond donors (Lipinski definition) is 0. The average Bonchev–Trinajstić information content (AvgIpc) is 1.81. The van der Waals surface area contributed by atoms with Crippen molar-refractivity contribution in [3.8, 4) is 0 Å². The molecule has 0 heterocycles. The van der Waals surface area contributed by atoms with Crippen LogP contribution in [0.2, 0.25) is 0 Å². The summed E-state index contributed by atoms with van der Waals surface area (Å²) in [5.41, 5.74) is 0. The Labute approximate surface area is 82.9 Å². The van der Waals surface area contributed by atoms with Crippen LogP contribution in [0.5, 0.6) is 0 Å². The monoisotopic (exact) mass is 172 g/mol. The average molecular weight is 172 g/mol. The predicted octanol–water partition coefficient (Wildman–Crippen LogP) is 2.53. The first kappa shape index (κ1) is 14.1. The van der Waals surface area contributed by atoms with Gasteiger partial charge in [0.25, 0.3) is 0 Å². The summed E-state index contributed by atoms with van der Waals surface area (Å²) in [4.78, 5) is 0. The molecule has 0 N–H and O–H groups in total. The minimum atomic E-state index is 0. The molecule has 0 nitrogen and oxygen atoms in total. The summed E-state index contributed by atoms with van der Waals surface area (Å²) in [6.45, 7) is 11.6. The van der Waals surface area contributed by atoms with Crippen LogP contribution in [-0.2, 0) is 0 Å². The van der Waals surface area contributed by atoms with Crippen LogP contribution < -0.4 is 0 Å². The first-order chi connectivity index (χ1) is 4.59. The molecule has 0 saturated heterocycles. The van der Waals surface area contributed by atoms with Crippen molar-refractivity contribution in [2.24, 2.45) is 17.8 Å². The Balaban J connectivity index is 0. The fraction of sp³-hybridized carbons (Fsp3) is 1.00. The molecule has 11 heavy (non-hydrogen) atoms. The Morgan fingerprint density at radius 2 is 1.27 bits per heavy atom. The molecule has 1 heteroatoms. The lowest BCUT2D eigenvalue weighted by Crippen LogP contribution is -2.14. The molecule has 0 bridgehead atoms. The molecular formula is C10H25Al. The Bertz CT molecular complexity index is 68.9. The van der Waals surface area contributed by atoms with E-state index in [1.54, 1.807) is 0 Å². The van der Waals surface area contributed by atoms with Gasteiger partial charge < -0.3 is 0 Å². The van der Waals surface area contributed by atoms with Crippen molar-refractivity contribution in [2.75, 3.05) is 0 Å². The molecular weight excluding hydrogens is 147 g/mol. The molecule has 0 aromatic heterocycles. The first-order valence-corrected chi connectivity index (χ1v) is 4.59. The molecule has 0 radical (unpaired) electrons. The van der Waals surface area contributed by atoms with Crippen LogP contribution in [0, 0.1) is 17.8 Å². The molecule has 68 valence electrons. The van der Waals surface area contributed by atoms with E-state index < -0.39 is 0 Å². The normalized spacial score (nSPS) is 10.9. The van der Waals surface area contributed by atoms with Gasteiger partial charge in [0.2, 0.25) is 0 Å². The Hall–Kier alpha value is 0.532. The zero-order valence-electron chi connectivity index (χ0n) is 8.15. The SMILES string of the molecule is CCCC(C(C)C)C(C)C.[AlH3]. The van der Waals surface area contributed by atoms with Crippen LogP contribution in [0.3, 0.4) is 0 Å². The highest BCUT2D eigenvalue weighted by molar-refractivity contribution is 5.75. The molecule has 0 aromatic rings. The van der Waals surface area contributed by atoms with E-state index in [4.69, 9.17) is 0 Å². The molecule has 0 aliphatic heterocycles. The topological polar surface area (TPSA) is 0 Å². The van der Waals surface area contributed by atoms with Gasteiger partial charge in [0.15, 0.2) is 17.4 Å². The zero-order chi connectivity index (χ0) is 8.15. The van der Waals surface area contributed by atoms with Gasteiger partial charge in [0.05, 0.1) is 0 Å². The summed E-state index contributed by atoms with van der Waals surface area (Å²) < 4.78 is 0. The van der Waals surface area contributed by atoms with Gasteiger partial charge in [0, 0.05) is 0 Å². The van der Waals surface area contributed by atoms with E-state index in [-0.39, 0.29) is 17.4 Å². The van der Waals surface area contributed by atoms with E-state index in [1.165, 1.54) is 12.8 Å². The van der Waals surface area contributed by atoms with E-state index in [9.17, 15) is 0 Å². The van der Waals surface area contributed by atoms with Crippen molar-refractivity contribution >= 4 is 17.4 Å². The summed E-state index contributed by atoms with van der Waals surface area (Å²) in [6.07, 6.45) is 2.73. The molecule has 0 spiro atoms. The second-order valence-corrected chi connectivity index (χ2v) is 3.94. The molecule has 0 unspecified atom stereocenters. The fourth-order valence-electron chi connectivity index (χ4n) is 1.77. The lowest BCUT2D eigenvalue weighted by atomic mass is 9.82. The predicted molar refractivity (Wildman–Crippen MR) is 58.0 cm³/mol. The van der Waals surface area contributed by atoms with Crippen molar-refractivity contribution < 1.29 is 0 Å². The quantitative estimate of drug-likeness (QED) is 0.572. The number of rotatable bonds is 4. The lowest BCUT2D eigenvalue weighted by Gasteiger charge is -2.23. The first-order valence-electron chi connectivity index (χ1n) is 4.59. The van der Waals surface area contributed by atoms with Crippen molar-refractivity contribution in [3.05, 3.63) is 0 Å². The van der Waals surface area contributed by atoms with Crippen LogP contribution in [-0.4, -0.2) is 17.4 Å². The van der Waals surface area contributed by atoms with Gasteiger partial charge in [-0.05, 0) is 17.8 Å². The standard InChI is InChI=1S/C10H22.Al.3H/c1-6-7-10(8(2)3)9(4)5;;;;/h8-10H,6-7H2,1-5H3;;;;. The van der Waals surface area contributed by atoms with Gasteiger partial charge in [-0.25, -0.2) is 0 Å². The Kier molecular flexibility index (Phi) is 9.21. The molecule has 0 aliphatic rings. The molecule has 0 fully saturated rings. The van der Waals surface area contributed by atoms with Crippen molar-refractivity contribution in [2.45, 2.75) is 47.5 Å². The highest BCUT2D eigenvalue weighted by atomic mass is 27.0. The van der Waals surface area contributed by atoms with Crippen LogP contribution in [0.25, 0.3) is 0 Å². The summed E-state index contributed by atoms with van der Waals surface area (Å²) >= 11 is 0. The molecule has 0 amide bonds. The zero-order valence-corrected chi connectivity index (χ0v) is 8.15. The van der Waals surface area contributed by atoms with Crippen molar-refractivity contribution in [1.82, 2.24) is 0 Å². The molecule has 0 atom stereocenters. The van der Waals surface area contributed by atoms with Gasteiger partial charge >= 0.3 is 0 Å². The van der Waals surface area contributed by atoms with Crippen molar-refractivity contribution in [1.29, 1.82) is 0 Å². The van der Waals surface area contributed by atoms with Gasteiger partial charge in [-0.15, -0.1) is 0 Å². The summed E-state index contributed by atoms with van der Waals surface area (Å²) in [5, 5.41) is 0. The van der Waals surface area contributed by atoms with Gasteiger partial charge in [-0.2, -0.15) is 0 Å². The third kappa shape index (κ3) is 5.77. The molecule has 0 aliphatic carbocycles. The minimum Gasteiger partial charge on any atom is -0.0654 e. The minimum absolute atomic E-state index is 0. The maximum absolute atomic E-state index is 2.33. The fourth-order valence-corrected chi connectivity index (χ4v) is 1.77. The molecule has 0 aromatic carbocycles. The third-order valence-electron chi connectivity index (χ3n) is 2.33. The van der Waals surface area contributed by atoms with Crippen LogP contribution >= 0.6 is 0 Å². The molecule has 0 saturated carbocycles. The van der Waals surface area contributed by atoms with E-state index >= 15 is 0 Å². The van der Waals surface area contributed by atoms with Crippen molar-refractivity contribution in [3.63, 3.8) is 0 Å². The Morgan fingerprint density at radius 3 is 1.36 bits per heavy atom. The molecule has 0 rings (SSSR count). The van der Waals surface area contributed by atoms with Crippen LogP contribution in [0.4, 0.5) is 0 Å². The highest BCUT2D eigenvalue weighted by Gasteiger charge is 2.15. The summed E-state index contributed by atoms with van der Waals surface area (Å²) in [7, 11) is 0. The third-order valence-corrected chi connectivity index (χ3v) is 2.33. The maximum Gasteiger partial charge on any atom is 0.187 e. The summed E-state index contributed by atoms with van der Waals surface area (Å²) in [6, 6.07) is 0. The highest BCUT2D eigenvalue weighted by Crippen LogP contribution is 2.24. The van der Waals surface area contributed by atoms with Crippen LogP contribution in [0.1, 0.15) is 47.5 Å². The van der Waals surface area contributed by atoms with Crippen LogP contribution in [0.15, 0.2) is 0 Å². The van der Waals surface area contributed by atoms with Gasteiger partial charge in [-0.1, -0.05) is 47.5 Å². The van der Waals surface area contributed by atoms with Gasteiger partial charge in [-0.3, -0.25) is 0 Å². The largest absolute Gasteiger partial charge is 0.187 e.